The second-order valence-electron chi connectivity index (χ2n) is 4.24. The highest BCUT2D eigenvalue weighted by atomic mass is 16.7. The Morgan fingerprint density at radius 1 is 1.52 bits per heavy atom. The largest absolute Gasteiger partial charge is 0.413 e. The molecule has 1 aromatic rings. The van der Waals surface area contributed by atoms with E-state index >= 15 is 0 Å². The normalized spacial score (nSPS) is 20.8. The molecule has 21 heavy (non-hydrogen) atoms. The molecular formula is C11H9N5O5. The molecule has 0 aromatic heterocycles. The van der Waals surface area contributed by atoms with E-state index in [2.05, 4.69) is 10.0 Å². The molecule has 1 unspecified atom stereocenters. The van der Waals surface area contributed by atoms with Gasteiger partial charge in [-0.2, -0.15) is 0 Å². The molecule has 0 radical (unpaired) electrons. The van der Waals surface area contributed by atoms with Gasteiger partial charge >= 0.3 is 11.6 Å². The SMILES string of the molecule is [N-]=[N+]=Nc1cccc(COC2([N+](=O)[O-])CC(=O)NC2=O)c1. The third-order valence-electron chi connectivity index (χ3n) is 2.85. The number of nitro groups is 1. The Kier molecular flexibility index (Phi) is 3.83. The van der Waals surface area contributed by atoms with Crippen molar-refractivity contribution in [1.82, 2.24) is 5.32 Å². The maximum Gasteiger partial charge on any atom is 0.413 e. The van der Waals surface area contributed by atoms with Gasteiger partial charge in [0, 0.05) is 10.6 Å². The van der Waals surface area contributed by atoms with Crippen molar-refractivity contribution in [2.75, 3.05) is 0 Å². The summed E-state index contributed by atoms with van der Waals surface area (Å²) in [4.78, 5) is 35.5. The molecule has 1 fully saturated rings. The number of nitrogens with one attached hydrogen (secondary N) is 1. The van der Waals surface area contributed by atoms with E-state index in [0.717, 1.165) is 0 Å². The maximum atomic E-state index is 11.6. The van der Waals surface area contributed by atoms with Crippen molar-refractivity contribution in [3.8, 4) is 0 Å². The summed E-state index contributed by atoms with van der Waals surface area (Å²) in [5, 5.41) is 16.3. The average Bonchev–Trinajstić information content (AvgIpc) is 2.73. The van der Waals surface area contributed by atoms with Crippen LogP contribution in [0.1, 0.15) is 12.0 Å². The number of ether oxygens (including phenoxy) is 1. The number of benzene rings is 1. The van der Waals surface area contributed by atoms with E-state index < -0.39 is 28.9 Å². The highest BCUT2D eigenvalue weighted by Crippen LogP contribution is 2.25. The van der Waals surface area contributed by atoms with Crippen LogP contribution in [0, 0.1) is 10.1 Å². The van der Waals surface area contributed by atoms with Crippen molar-refractivity contribution in [3.63, 3.8) is 0 Å². The van der Waals surface area contributed by atoms with Gasteiger partial charge < -0.3 is 4.74 Å². The Hall–Kier alpha value is -2.97. The van der Waals surface area contributed by atoms with Gasteiger partial charge in [-0.25, -0.2) is 0 Å². The highest BCUT2D eigenvalue weighted by Gasteiger charge is 2.60. The molecular weight excluding hydrogens is 282 g/mol. The van der Waals surface area contributed by atoms with E-state index in [-0.39, 0.29) is 6.61 Å². The zero-order chi connectivity index (χ0) is 15.5. The summed E-state index contributed by atoms with van der Waals surface area (Å²) in [6.45, 7) is -0.281. The number of amides is 2. The van der Waals surface area contributed by atoms with Gasteiger partial charge in [0.25, 0.3) is 0 Å². The Morgan fingerprint density at radius 3 is 2.86 bits per heavy atom. The fourth-order valence-electron chi connectivity index (χ4n) is 1.85. The highest BCUT2D eigenvalue weighted by molar-refractivity contribution is 6.06. The number of rotatable bonds is 5. The molecule has 0 bridgehead atoms. The van der Waals surface area contributed by atoms with Crippen LogP contribution in [0.15, 0.2) is 29.4 Å². The molecule has 1 atom stereocenters. The lowest BCUT2D eigenvalue weighted by atomic mass is 10.1. The topological polar surface area (TPSA) is 147 Å². The van der Waals surface area contributed by atoms with Crippen LogP contribution in [-0.4, -0.2) is 22.5 Å². The summed E-state index contributed by atoms with van der Waals surface area (Å²) in [5.74, 6) is -1.86. The maximum absolute atomic E-state index is 11.6. The summed E-state index contributed by atoms with van der Waals surface area (Å²) in [6, 6.07) is 6.15. The molecule has 10 heteroatoms. The molecule has 0 saturated carbocycles. The number of carbonyl (C=O) groups excluding carboxylic acids is 2. The number of hydrogen-bond donors (Lipinski definition) is 1. The van der Waals surface area contributed by atoms with Crippen LogP contribution in [0.2, 0.25) is 0 Å². The zero-order valence-electron chi connectivity index (χ0n) is 10.6. The summed E-state index contributed by atoms with van der Waals surface area (Å²) in [6.07, 6.45) is -0.672. The molecule has 2 amide bonds. The number of hydrogen-bond acceptors (Lipinski definition) is 6. The molecule has 10 nitrogen and oxygen atoms in total. The van der Waals surface area contributed by atoms with Crippen LogP contribution in [0.4, 0.5) is 5.69 Å². The van der Waals surface area contributed by atoms with Gasteiger partial charge in [-0.1, -0.05) is 23.3 Å². The number of azide groups is 1. The first-order valence-electron chi connectivity index (χ1n) is 5.75. The van der Waals surface area contributed by atoms with E-state index in [1.807, 2.05) is 5.32 Å². The van der Waals surface area contributed by atoms with Gasteiger partial charge in [-0.15, -0.1) is 0 Å². The fraction of sp³-hybridized carbons (Fsp3) is 0.273. The van der Waals surface area contributed by atoms with Crippen molar-refractivity contribution in [1.29, 1.82) is 0 Å². The minimum atomic E-state index is -2.41. The van der Waals surface area contributed by atoms with Crippen LogP contribution in [0.25, 0.3) is 10.4 Å². The first kappa shape index (κ1) is 14.4. The van der Waals surface area contributed by atoms with Crippen molar-refractivity contribution >= 4 is 17.5 Å². The predicted molar refractivity (Wildman–Crippen MR) is 67.5 cm³/mol. The monoisotopic (exact) mass is 291 g/mol. The van der Waals surface area contributed by atoms with Crippen molar-refractivity contribution in [2.24, 2.45) is 5.11 Å². The first-order valence-corrected chi connectivity index (χ1v) is 5.75. The van der Waals surface area contributed by atoms with Crippen LogP contribution in [0.5, 0.6) is 0 Å². The quantitative estimate of drug-likeness (QED) is 0.164. The molecule has 1 N–H and O–H groups in total. The van der Waals surface area contributed by atoms with Crippen LogP contribution in [0.3, 0.4) is 0 Å². The summed E-state index contributed by atoms with van der Waals surface area (Å²) >= 11 is 0. The number of imide groups is 1. The molecule has 1 heterocycles. The Balaban J connectivity index is 2.18. The van der Waals surface area contributed by atoms with Gasteiger partial charge in [0.15, 0.2) is 0 Å². The van der Waals surface area contributed by atoms with Gasteiger partial charge in [0.1, 0.15) is 6.42 Å². The predicted octanol–water partition coefficient (Wildman–Crippen LogP) is 1.16. The summed E-state index contributed by atoms with van der Waals surface area (Å²) in [5.41, 5.74) is 6.70. The fourth-order valence-corrected chi connectivity index (χ4v) is 1.85. The van der Waals surface area contributed by atoms with E-state index in [9.17, 15) is 19.7 Å². The minimum absolute atomic E-state index is 0.281. The van der Waals surface area contributed by atoms with E-state index in [0.29, 0.717) is 11.3 Å². The second kappa shape index (κ2) is 5.57. The Morgan fingerprint density at radius 2 is 2.29 bits per heavy atom. The lowest BCUT2D eigenvalue weighted by Crippen LogP contribution is -2.47. The molecule has 1 aliphatic heterocycles. The van der Waals surface area contributed by atoms with Crippen LogP contribution >= 0.6 is 0 Å². The molecule has 1 saturated heterocycles. The van der Waals surface area contributed by atoms with Gasteiger partial charge in [-0.3, -0.25) is 25.0 Å². The molecule has 0 aliphatic carbocycles. The van der Waals surface area contributed by atoms with Gasteiger partial charge in [0.05, 0.1) is 11.5 Å². The van der Waals surface area contributed by atoms with Crippen LogP contribution < -0.4 is 5.32 Å². The molecule has 108 valence electrons. The van der Waals surface area contributed by atoms with Crippen molar-refractivity contribution < 1.29 is 19.2 Å². The van der Waals surface area contributed by atoms with Gasteiger partial charge in [-0.05, 0) is 17.2 Å². The van der Waals surface area contributed by atoms with E-state index in [4.69, 9.17) is 10.3 Å². The minimum Gasteiger partial charge on any atom is -0.302 e. The summed E-state index contributed by atoms with van der Waals surface area (Å²) < 4.78 is 5.09. The van der Waals surface area contributed by atoms with E-state index in [1.54, 1.807) is 12.1 Å². The third-order valence-corrected chi connectivity index (χ3v) is 2.85. The van der Waals surface area contributed by atoms with E-state index in [1.165, 1.54) is 12.1 Å². The molecule has 1 aliphatic rings. The van der Waals surface area contributed by atoms with Gasteiger partial charge in [0.2, 0.25) is 5.91 Å². The Bertz CT molecular complexity index is 669. The third kappa shape index (κ3) is 2.81. The summed E-state index contributed by atoms with van der Waals surface area (Å²) in [7, 11) is 0. The average molecular weight is 291 g/mol. The lowest BCUT2D eigenvalue weighted by molar-refractivity contribution is -0.608. The Labute approximate surface area is 117 Å². The van der Waals surface area contributed by atoms with Crippen molar-refractivity contribution in [2.45, 2.75) is 18.8 Å². The zero-order valence-corrected chi connectivity index (χ0v) is 10.6. The first-order chi connectivity index (χ1) is 9.98. The van der Waals surface area contributed by atoms with Crippen LogP contribution in [-0.2, 0) is 20.9 Å². The molecule has 1 aromatic carbocycles. The second-order valence-corrected chi connectivity index (χ2v) is 4.24. The number of carbonyl (C=O) groups is 2. The smallest absolute Gasteiger partial charge is 0.302 e. The molecule has 0 spiro atoms. The standard InChI is InChI=1S/C11H9N5O5/c12-15-14-8-3-1-2-7(4-8)6-21-11(16(19)20)5-9(17)13-10(11)18/h1-4H,5-6H2,(H,13,17,18). The lowest BCUT2D eigenvalue weighted by Gasteiger charge is -2.16. The number of nitrogens with zero attached hydrogens (tertiary/aromatic N) is 4. The van der Waals surface area contributed by atoms with Crippen molar-refractivity contribution in [3.05, 3.63) is 50.4 Å². The molecule has 2 rings (SSSR count).